The standard InChI is InChI=1S/C28H42N2O7S/c1-16-6-8-18(9-7-16)24(31)30(20-14-22(28(3,4)5)38-23(20)25(32)33)17(2)10-12-29-27(34)37-21-15-36-26-19(21)11-13-35-26/h14,16-19,21,26H,6-13,15H2,1-5H3,(H,29,34)(H,32,33)/t16?,17-,18?,19-,21-,26+/m0/s1. The number of aromatic carboxylic acids is 1. The second kappa shape index (κ2) is 11.9. The molecule has 212 valence electrons. The fourth-order valence-corrected chi connectivity index (χ4v) is 6.64. The Bertz CT molecular complexity index is 1010. The number of amides is 2. The molecule has 4 atom stereocenters. The van der Waals surface area contributed by atoms with Gasteiger partial charge in [-0.25, -0.2) is 9.59 Å². The first-order valence-corrected chi connectivity index (χ1v) is 14.7. The van der Waals surface area contributed by atoms with Crippen LogP contribution in [0.2, 0.25) is 0 Å². The number of nitrogens with zero attached hydrogens (tertiary/aromatic N) is 1. The van der Waals surface area contributed by atoms with Crippen LogP contribution in [0.3, 0.4) is 0 Å². The molecule has 0 spiro atoms. The fraction of sp³-hybridized carbons (Fsp3) is 0.750. The van der Waals surface area contributed by atoms with Crippen molar-refractivity contribution in [2.45, 2.75) is 97.0 Å². The summed E-state index contributed by atoms with van der Waals surface area (Å²) in [6, 6.07) is 1.56. The molecule has 4 rings (SSSR count). The van der Waals surface area contributed by atoms with Crippen LogP contribution in [0.25, 0.3) is 0 Å². The molecule has 3 aliphatic rings. The zero-order chi connectivity index (χ0) is 27.6. The van der Waals surface area contributed by atoms with Gasteiger partial charge in [-0.3, -0.25) is 4.79 Å². The molecule has 10 heteroatoms. The molecule has 1 aromatic rings. The molecule has 0 bridgehead atoms. The highest BCUT2D eigenvalue weighted by atomic mass is 32.1. The van der Waals surface area contributed by atoms with Gasteiger partial charge in [-0.2, -0.15) is 0 Å². The van der Waals surface area contributed by atoms with Gasteiger partial charge in [-0.05, 0) is 62.8 Å². The lowest BCUT2D eigenvalue weighted by Gasteiger charge is -2.35. The Hall–Kier alpha value is -2.17. The predicted octanol–water partition coefficient (Wildman–Crippen LogP) is 5.17. The van der Waals surface area contributed by atoms with Crippen LogP contribution in [0.15, 0.2) is 6.07 Å². The number of carbonyl (C=O) groups is 3. The molecule has 1 aromatic heterocycles. The number of ether oxygens (including phenoxy) is 3. The van der Waals surface area contributed by atoms with Crippen molar-refractivity contribution < 1.29 is 33.7 Å². The maximum absolute atomic E-state index is 13.9. The lowest BCUT2D eigenvalue weighted by atomic mass is 9.82. The molecule has 3 fully saturated rings. The average molecular weight is 551 g/mol. The Morgan fingerprint density at radius 1 is 1.18 bits per heavy atom. The lowest BCUT2D eigenvalue weighted by Crippen LogP contribution is -2.45. The second-order valence-electron chi connectivity index (χ2n) is 12.1. The Kier molecular flexibility index (Phi) is 9.04. The number of alkyl carbamates (subject to hydrolysis) is 1. The molecule has 9 nitrogen and oxygen atoms in total. The van der Waals surface area contributed by atoms with E-state index in [2.05, 4.69) is 12.2 Å². The summed E-state index contributed by atoms with van der Waals surface area (Å²) >= 11 is 1.23. The van der Waals surface area contributed by atoms with Gasteiger partial charge in [-0.1, -0.05) is 27.7 Å². The first kappa shape index (κ1) is 28.8. The summed E-state index contributed by atoms with van der Waals surface area (Å²) in [4.78, 5) is 41.5. The third kappa shape index (κ3) is 6.51. The molecule has 38 heavy (non-hydrogen) atoms. The molecule has 2 N–H and O–H groups in total. The lowest BCUT2D eigenvalue weighted by molar-refractivity contribution is -0.124. The zero-order valence-electron chi connectivity index (χ0n) is 23.2. The van der Waals surface area contributed by atoms with E-state index in [1.807, 2.05) is 33.8 Å². The van der Waals surface area contributed by atoms with Gasteiger partial charge in [0, 0.05) is 23.4 Å². The first-order valence-electron chi connectivity index (χ1n) is 13.8. The number of nitrogens with one attached hydrogen (secondary N) is 1. The van der Waals surface area contributed by atoms with E-state index in [0.29, 0.717) is 37.8 Å². The molecule has 0 radical (unpaired) electrons. The molecular weight excluding hydrogens is 508 g/mol. The summed E-state index contributed by atoms with van der Waals surface area (Å²) in [5, 5.41) is 12.8. The smallest absolute Gasteiger partial charge is 0.407 e. The normalized spacial score (nSPS) is 28.0. The van der Waals surface area contributed by atoms with Gasteiger partial charge >= 0.3 is 12.1 Å². The molecule has 0 unspecified atom stereocenters. The van der Waals surface area contributed by atoms with Crippen molar-refractivity contribution in [3.8, 4) is 0 Å². The van der Waals surface area contributed by atoms with E-state index in [1.165, 1.54) is 11.3 Å². The van der Waals surface area contributed by atoms with Gasteiger partial charge in [0.1, 0.15) is 11.0 Å². The van der Waals surface area contributed by atoms with E-state index >= 15 is 0 Å². The van der Waals surface area contributed by atoms with E-state index in [0.717, 1.165) is 37.0 Å². The number of carbonyl (C=O) groups excluding carboxylic acids is 2. The number of carboxylic acid groups (broad SMARTS) is 1. The van der Waals surface area contributed by atoms with Gasteiger partial charge in [0.05, 0.1) is 24.8 Å². The summed E-state index contributed by atoms with van der Waals surface area (Å²) < 4.78 is 16.6. The van der Waals surface area contributed by atoms with Gasteiger partial charge in [0.25, 0.3) is 0 Å². The van der Waals surface area contributed by atoms with Gasteiger partial charge in [-0.15, -0.1) is 11.3 Å². The Morgan fingerprint density at radius 3 is 2.55 bits per heavy atom. The van der Waals surface area contributed by atoms with Crippen LogP contribution in [0.1, 0.15) is 87.7 Å². The second-order valence-corrected chi connectivity index (χ2v) is 13.1. The van der Waals surface area contributed by atoms with Gasteiger partial charge in [0.15, 0.2) is 6.29 Å². The van der Waals surface area contributed by atoms with Crippen LogP contribution in [-0.4, -0.2) is 61.3 Å². The number of hydrogen-bond donors (Lipinski definition) is 2. The number of carboxylic acids is 1. The van der Waals surface area contributed by atoms with Crippen molar-refractivity contribution in [2.75, 3.05) is 24.7 Å². The molecule has 0 aromatic carbocycles. The third-order valence-corrected chi connectivity index (χ3v) is 9.56. The van der Waals surface area contributed by atoms with Crippen LogP contribution >= 0.6 is 11.3 Å². The highest BCUT2D eigenvalue weighted by Gasteiger charge is 2.44. The minimum absolute atomic E-state index is 0.0249. The van der Waals surface area contributed by atoms with Crippen molar-refractivity contribution >= 4 is 35.0 Å². The van der Waals surface area contributed by atoms with E-state index in [1.54, 1.807) is 4.90 Å². The SMILES string of the molecule is CC1CCC(C(=O)N(c2cc(C(C)(C)C)sc2C(=O)O)[C@@H](C)CCNC(=O)O[C@H]2CO[C@H]3OCC[C@H]32)CC1. The van der Waals surface area contributed by atoms with Crippen molar-refractivity contribution in [1.29, 1.82) is 0 Å². The highest BCUT2D eigenvalue weighted by molar-refractivity contribution is 7.14. The molecule has 1 aliphatic carbocycles. The van der Waals surface area contributed by atoms with Crippen LogP contribution in [-0.2, 0) is 24.4 Å². The summed E-state index contributed by atoms with van der Waals surface area (Å²) in [6.45, 7) is 11.5. The van der Waals surface area contributed by atoms with Crippen molar-refractivity contribution in [1.82, 2.24) is 5.32 Å². The average Bonchev–Trinajstić information content (AvgIpc) is 3.57. The van der Waals surface area contributed by atoms with Gasteiger partial charge < -0.3 is 29.5 Å². The molecular formula is C28H42N2O7S. The third-order valence-electron chi connectivity index (χ3n) is 8.02. The highest BCUT2D eigenvalue weighted by Crippen LogP contribution is 2.40. The minimum atomic E-state index is -1.03. The van der Waals surface area contributed by atoms with Crippen LogP contribution in [0.5, 0.6) is 0 Å². The van der Waals surface area contributed by atoms with Crippen LogP contribution < -0.4 is 10.2 Å². The number of hydrogen-bond acceptors (Lipinski definition) is 7. The maximum Gasteiger partial charge on any atom is 0.407 e. The summed E-state index contributed by atoms with van der Waals surface area (Å²) in [5.74, 6) is -0.522. The van der Waals surface area contributed by atoms with E-state index in [4.69, 9.17) is 14.2 Å². The predicted molar refractivity (Wildman–Crippen MR) is 145 cm³/mol. The minimum Gasteiger partial charge on any atom is -0.477 e. The fourth-order valence-electron chi connectivity index (χ4n) is 5.60. The summed E-state index contributed by atoms with van der Waals surface area (Å²) in [6.07, 6.45) is 3.73. The van der Waals surface area contributed by atoms with Crippen molar-refractivity contribution in [3.63, 3.8) is 0 Å². The maximum atomic E-state index is 13.9. The number of fused-ring (bicyclic) bond motifs is 1. The number of anilines is 1. The largest absolute Gasteiger partial charge is 0.477 e. The molecule has 2 amide bonds. The van der Waals surface area contributed by atoms with Gasteiger partial charge in [0.2, 0.25) is 5.91 Å². The van der Waals surface area contributed by atoms with Crippen molar-refractivity contribution in [2.24, 2.45) is 17.8 Å². The summed E-state index contributed by atoms with van der Waals surface area (Å²) in [5.41, 5.74) is 0.214. The molecule has 2 aliphatic heterocycles. The molecule has 1 saturated carbocycles. The quantitative estimate of drug-likeness (QED) is 0.459. The van der Waals surface area contributed by atoms with Crippen LogP contribution in [0.4, 0.5) is 10.5 Å². The first-order chi connectivity index (χ1) is 18.0. The summed E-state index contributed by atoms with van der Waals surface area (Å²) in [7, 11) is 0. The molecule has 3 heterocycles. The van der Waals surface area contributed by atoms with Crippen LogP contribution in [0, 0.1) is 17.8 Å². The number of rotatable bonds is 8. The Morgan fingerprint density at radius 2 is 1.89 bits per heavy atom. The zero-order valence-corrected chi connectivity index (χ0v) is 24.0. The van der Waals surface area contributed by atoms with E-state index in [9.17, 15) is 19.5 Å². The number of thiophene rings is 1. The monoisotopic (exact) mass is 550 g/mol. The van der Waals surface area contributed by atoms with E-state index in [-0.39, 0.29) is 46.5 Å². The Labute approximate surface area is 229 Å². The van der Waals surface area contributed by atoms with Crippen molar-refractivity contribution in [3.05, 3.63) is 15.8 Å². The molecule has 2 saturated heterocycles. The Balaban J connectivity index is 1.46. The topological polar surface area (TPSA) is 114 Å². The van der Waals surface area contributed by atoms with E-state index < -0.39 is 12.1 Å².